The molecule has 5 rings (SSSR count). The smallest absolute Gasteiger partial charge is 0.312 e. The fourth-order valence-corrected chi connectivity index (χ4v) is 4.29. The summed E-state index contributed by atoms with van der Waals surface area (Å²) in [4.78, 5) is 17.2. The first-order chi connectivity index (χ1) is 15.4. The zero-order valence-corrected chi connectivity index (χ0v) is 17.8. The second kappa shape index (κ2) is 7.96. The molecule has 7 nitrogen and oxygen atoms in total. The third kappa shape index (κ3) is 3.61. The van der Waals surface area contributed by atoms with Gasteiger partial charge in [0.2, 0.25) is 0 Å². The average Bonchev–Trinajstić information content (AvgIpc) is 3.20. The summed E-state index contributed by atoms with van der Waals surface area (Å²) in [5.74, 6) is -0.899. The number of hydrogen-bond donors (Lipinski definition) is 2. The molecule has 32 heavy (non-hydrogen) atoms. The van der Waals surface area contributed by atoms with E-state index in [9.17, 15) is 14.4 Å². The Kier molecular flexibility index (Phi) is 5.11. The van der Waals surface area contributed by atoms with Crippen molar-refractivity contribution in [2.24, 2.45) is 5.92 Å². The quantitative estimate of drug-likeness (QED) is 0.452. The molecule has 2 aromatic heterocycles. The first-order valence-corrected chi connectivity index (χ1v) is 10.6. The van der Waals surface area contributed by atoms with Crippen molar-refractivity contribution in [3.05, 3.63) is 59.7 Å². The molecule has 1 saturated heterocycles. The van der Waals surface area contributed by atoms with Gasteiger partial charge in [0.05, 0.1) is 28.8 Å². The maximum Gasteiger partial charge on any atom is 0.312 e. The summed E-state index contributed by atoms with van der Waals surface area (Å²) in [5.41, 5.74) is 5.03. The van der Waals surface area contributed by atoms with Gasteiger partial charge in [-0.2, -0.15) is 10.2 Å². The summed E-state index contributed by atoms with van der Waals surface area (Å²) in [6, 6.07) is 10.4. The molecule has 3 heterocycles. The van der Waals surface area contributed by atoms with E-state index in [1.165, 1.54) is 12.1 Å². The fourth-order valence-electron chi connectivity index (χ4n) is 4.29. The normalized spacial score (nSPS) is 14.9. The number of halogens is 1. The third-order valence-corrected chi connectivity index (χ3v) is 5.92. The number of hydrogen-bond acceptors (Lipinski definition) is 6. The molecule has 0 spiro atoms. The van der Waals surface area contributed by atoms with Crippen molar-refractivity contribution in [2.45, 2.75) is 26.4 Å². The average molecular weight is 434 g/mol. The van der Waals surface area contributed by atoms with Crippen molar-refractivity contribution in [1.29, 1.82) is 0 Å². The van der Waals surface area contributed by atoms with Gasteiger partial charge in [0.25, 0.3) is 0 Å². The van der Waals surface area contributed by atoms with Crippen molar-refractivity contribution in [3.63, 3.8) is 0 Å². The lowest BCUT2D eigenvalue weighted by atomic mass is 9.88. The number of rotatable bonds is 5. The Morgan fingerprint density at radius 1 is 1.28 bits per heavy atom. The van der Waals surface area contributed by atoms with E-state index in [0.29, 0.717) is 5.69 Å². The SMILES string of the molecule is CC(C)c1c(COC(=O)C2CN(O)C2)nc2cc3[nH]ncc3cc2c1-c1ccc(F)cc1. The first-order valence-electron chi connectivity index (χ1n) is 10.6. The molecule has 0 unspecified atom stereocenters. The van der Waals surface area contributed by atoms with Crippen molar-refractivity contribution in [2.75, 3.05) is 13.1 Å². The second-order valence-corrected chi connectivity index (χ2v) is 8.51. The highest BCUT2D eigenvalue weighted by Crippen LogP contribution is 2.39. The van der Waals surface area contributed by atoms with Gasteiger partial charge in [-0.1, -0.05) is 26.0 Å². The number of hydroxylamine groups is 2. The predicted molar refractivity (Wildman–Crippen MR) is 118 cm³/mol. The van der Waals surface area contributed by atoms with E-state index in [0.717, 1.165) is 43.6 Å². The highest BCUT2D eigenvalue weighted by Gasteiger charge is 2.33. The van der Waals surface area contributed by atoms with Crippen LogP contribution in [0.25, 0.3) is 32.9 Å². The lowest BCUT2D eigenvalue weighted by molar-refractivity contribution is -0.192. The Hall–Kier alpha value is -3.36. The van der Waals surface area contributed by atoms with Gasteiger partial charge in [-0.3, -0.25) is 9.89 Å². The second-order valence-electron chi connectivity index (χ2n) is 8.51. The highest BCUT2D eigenvalue weighted by molar-refractivity contribution is 6.03. The Labute approximate surface area is 183 Å². The number of carbonyl (C=O) groups excluding carboxylic acids is 1. The van der Waals surface area contributed by atoms with E-state index in [4.69, 9.17) is 9.72 Å². The molecule has 2 aromatic carbocycles. The molecule has 4 aromatic rings. The van der Waals surface area contributed by atoms with Crippen LogP contribution < -0.4 is 0 Å². The van der Waals surface area contributed by atoms with E-state index in [2.05, 4.69) is 24.0 Å². The number of benzene rings is 2. The highest BCUT2D eigenvalue weighted by atomic mass is 19.1. The molecule has 0 radical (unpaired) electrons. The minimum atomic E-state index is -0.348. The fraction of sp³-hybridized carbons (Fsp3) is 0.292. The topological polar surface area (TPSA) is 91.3 Å². The monoisotopic (exact) mass is 434 g/mol. The van der Waals surface area contributed by atoms with Gasteiger partial charge in [0, 0.05) is 23.9 Å². The zero-order valence-electron chi connectivity index (χ0n) is 17.8. The van der Waals surface area contributed by atoms with Crippen LogP contribution >= 0.6 is 0 Å². The molecule has 0 bridgehead atoms. The van der Waals surface area contributed by atoms with E-state index < -0.39 is 0 Å². The lowest BCUT2D eigenvalue weighted by Crippen LogP contribution is -2.48. The number of fused-ring (bicyclic) bond motifs is 2. The van der Waals surface area contributed by atoms with Crippen LogP contribution in [0.15, 0.2) is 42.6 Å². The molecule has 2 N–H and O–H groups in total. The summed E-state index contributed by atoms with van der Waals surface area (Å²) in [6.45, 7) is 4.71. The Morgan fingerprint density at radius 2 is 2.03 bits per heavy atom. The molecular formula is C24H23FN4O3. The van der Waals surface area contributed by atoms with Gasteiger partial charge < -0.3 is 9.94 Å². The molecule has 1 aliphatic rings. The van der Waals surface area contributed by atoms with Gasteiger partial charge in [0.1, 0.15) is 12.4 Å². The van der Waals surface area contributed by atoms with Crippen LogP contribution in [0.3, 0.4) is 0 Å². The van der Waals surface area contributed by atoms with Crippen LogP contribution in [-0.2, 0) is 16.1 Å². The Bertz CT molecular complexity index is 1310. The maximum absolute atomic E-state index is 13.7. The largest absolute Gasteiger partial charge is 0.459 e. The van der Waals surface area contributed by atoms with E-state index >= 15 is 0 Å². The van der Waals surface area contributed by atoms with Crippen LogP contribution in [0.1, 0.15) is 31.0 Å². The number of esters is 1. The number of ether oxygens (including phenoxy) is 1. The predicted octanol–water partition coefficient (Wildman–Crippen LogP) is 4.40. The van der Waals surface area contributed by atoms with Gasteiger partial charge in [-0.15, -0.1) is 0 Å². The van der Waals surface area contributed by atoms with Gasteiger partial charge in [0.15, 0.2) is 0 Å². The van der Waals surface area contributed by atoms with Crippen LogP contribution in [0.2, 0.25) is 0 Å². The van der Waals surface area contributed by atoms with Crippen LogP contribution in [-0.4, -0.2) is 44.5 Å². The molecule has 1 fully saturated rings. The summed E-state index contributed by atoms with van der Waals surface area (Å²) in [6.07, 6.45) is 1.76. The molecule has 0 aliphatic carbocycles. The lowest BCUT2D eigenvalue weighted by Gasteiger charge is -2.32. The van der Waals surface area contributed by atoms with Gasteiger partial charge in [-0.25, -0.2) is 9.37 Å². The molecule has 8 heteroatoms. The maximum atomic E-state index is 13.7. The number of carbonyl (C=O) groups is 1. The minimum absolute atomic E-state index is 0.0272. The number of H-pyrrole nitrogens is 1. The molecule has 164 valence electrons. The van der Waals surface area contributed by atoms with Crippen molar-refractivity contribution < 1.29 is 19.1 Å². The number of aromatic nitrogens is 3. The number of pyridine rings is 1. The van der Waals surface area contributed by atoms with Gasteiger partial charge >= 0.3 is 5.97 Å². The van der Waals surface area contributed by atoms with Crippen LogP contribution in [0, 0.1) is 11.7 Å². The molecule has 0 amide bonds. The number of nitrogens with zero attached hydrogens (tertiary/aromatic N) is 3. The standard InChI is InChI=1S/C24H23FN4O3/c1-13(2)22-21(12-32-24(30)16-10-29(31)11-16)27-20-8-19-15(9-26-28-19)7-18(20)23(22)14-3-5-17(25)6-4-14/h3-9,13,16,31H,10-12H2,1-2H3,(H,26,28). The van der Waals surface area contributed by atoms with Crippen molar-refractivity contribution in [3.8, 4) is 11.1 Å². The summed E-state index contributed by atoms with van der Waals surface area (Å²) >= 11 is 0. The molecule has 0 saturated carbocycles. The summed E-state index contributed by atoms with van der Waals surface area (Å²) in [7, 11) is 0. The minimum Gasteiger partial charge on any atom is -0.459 e. The van der Waals surface area contributed by atoms with E-state index in [1.807, 2.05) is 12.1 Å². The molecular weight excluding hydrogens is 411 g/mol. The van der Waals surface area contributed by atoms with Crippen LogP contribution in [0.5, 0.6) is 0 Å². The van der Waals surface area contributed by atoms with Gasteiger partial charge in [-0.05, 0) is 46.9 Å². The molecule has 0 atom stereocenters. The van der Waals surface area contributed by atoms with E-state index in [1.54, 1.807) is 18.3 Å². The van der Waals surface area contributed by atoms with Crippen molar-refractivity contribution >= 4 is 27.8 Å². The summed E-state index contributed by atoms with van der Waals surface area (Å²) in [5, 5.41) is 19.4. The summed E-state index contributed by atoms with van der Waals surface area (Å²) < 4.78 is 19.3. The van der Waals surface area contributed by atoms with Crippen LogP contribution in [0.4, 0.5) is 4.39 Å². The Balaban J connectivity index is 1.66. The number of aromatic amines is 1. The third-order valence-electron chi connectivity index (χ3n) is 5.92. The van der Waals surface area contributed by atoms with Crippen molar-refractivity contribution in [1.82, 2.24) is 20.2 Å². The number of nitrogens with one attached hydrogen (secondary N) is 1. The first kappa shape index (κ1) is 20.5. The van der Waals surface area contributed by atoms with E-state index in [-0.39, 0.29) is 43.3 Å². The zero-order chi connectivity index (χ0) is 22.4. The Morgan fingerprint density at radius 3 is 2.72 bits per heavy atom. The molecule has 1 aliphatic heterocycles.